The molecular weight excluding hydrogens is 755 g/mol. The molecule has 0 spiro atoms. The van der Waals surface area contributed by atoms with Gasteiger partial charge in [-0.1, -0.05) is 121 Å². The number of nitrogens with zero attached hydrogens (tertiary/aromatic N) is 1. The van der Waals surface area contributed by atoms with Gasteiger partial charge in [-0.05, 0) is 113 Å². The van der Waals surface area contributed by atoms with Gasteiger partial charge in [-0.2, -0.15) is 0 Å². The van der Waals surface area contributed by atoms with E-state index in [4.69, 9.17) is 4.42 Å². The van der Waals surface area contributed by atoms with Crippen molar-refractivity contribution in [3.63, 3.8) is 0 Å². The second-order valence-electron chi connectivity index (χ2n) is 15.2. The zero-order valence-electron chi connectivity index (χ0n) is 31.9. The number of fused-ring (bicyclic) bond motifs is 9. The molecule has 0 unspecified atom stereocenters. The lowest BCUT2D eigenvalue weighted by atomic mass is 9.96. The van der Waals surface area contributed by atoms with Crippen molar-refractivity contribution >= 4 is 102 Å². The number of para-hydroxylation sites is 2. The average molecular weight is 790 g/mol. The molecule has 59 heavy (non-hydrogen) atoms. The van der Waals surface area contributed by atoms with Gasteiger partial charge in [0.15, 0.2) is 0 Å². The number of thiophene rings is 2. The Balaban J connectivity index is 1.01. The Kier molecular flexibility index (Phi) is 8.00. The van der Waals surface area contributed by atoms with Gasteiger partial charge >= 0.3 is 0 Å². The summed E-state index contributed by atoms with van der Waals surface area (Å²) >= 11 is 3.73. The molecule has 3 aromatic heterocycles. The molecule has 3 heterocycles. The standard InChI is InChI=1S/C55H35NOS2/c1-3-12-35(13-4-1)32-39-14-11-21-52-53(39)46-34-38(25-31-51(46)59-52)42-28-29-47(54-44-18-7-9-19-48(44)57-55(42)54)56(40-15-5-2-6-16-40)41-26-22-36(23-27-41)37-24-30-50-45(33-37)43-17-8-10-20-49(43)58-50/h1-31,33-34H,32H2. The van der Waals surface area contributed by atoms with E-state index in [-0.39, 0.29) is 0 Å². The van der Waals surface area contributed by atoms with Crippen LogP contribution in [0.25, 0.3) is 84.5 Å². The van der Waals surface area contributed by atoms with Crippen molar-refractivity contribution < 1.29 is 4.42 Å². The predicted molar refractivity (Wildman–Crippen MR) is 254 cm³/mol. The zero-order chi connectivity index (χ0) is 38.9. The van der Waals surface area contributed by atoms with Crippen molar-refractivity contribution in [2.45, 2.75) is 6.42 Å². The summed E-state index contributed by atoms with van der Waals surface area (Å²) in [6, 6.07) is 72.7. The van der Waals surface area contributed by atoms with Gasteiger partial charge in [0.05, 0.1) is 11.1 Å². The van der Waals surface area contributed by atoms with Crippen LogP contribution in [-0.4, -0.2) is 0 Å². The summed E-state index contributed by atoms with van der Waals surface area (Å²) in [5.74, 6) is 0. The lowest BCUT2D eigenvalue weighted by Gasteiger charge is -2.27. The van der Waals surface area contributed by atoms with E-state index >= 15 is 0 Å². The maximum Gasteiger partial charge on any atom is 0.145 e. The summed E-state index contributed by atoms with van der Waals surface area (Å²) in [6.45, 7) is 0. The van der Waals surface area contributed by atoms with Crippen molar-refractivity contribution in [1.29, 1.82) is 0 Å². The zero-order valence-corrected chi connectivity index (χ0v) is 33.6. The number of hydrogen-bond donors (Lipinski definition) is 0. The van der Waals surface area contributed by atoms with Crippen molar-refractivity contribution in [3.05, 3.63) is 211 Å². The summed E-state index contributed by atoms with van der Waals surface area (Å²) in [5.41, 5.74) is 12.3. The van der Waals surface area contributed by atoms with Crippen molar-refractivity contribution in [2.75, 3.05) is 4.90 Å². The van der Waals surface area contributed by atoms with Crippen LogP contribution in [0, 0.1) is 0 Å². The van der Waals surface area contributed by atoms with Crippen LogP contribution in [0.3, 0.4) is 0 Å². The molecule has 9 aromatic carbocycles. The second-order valence-corrected chi connectivity index (χ2v) is 17.4. The number of rotatable bonds is 7. The predicted octanol–water partition coefficient (Wildman–Crippen LogP) is 16.7. The average Bonchev–Trinajstić information content (AvgIpc) is 3.99. The molecule has 0 saturated heterocycles. The molecular formula is C55H35NOS2. The Morgan fingerprint density at radius 3 is 1.88 bits per heavy atom. The molecule has 0 atom stereocenters. The lowest BCUT2D eigenvalue weighted by molar-refractivity contribution is 0.670. The van der Waals surface area contributed by atoms with Gasteiger partial charge in [-0.25, -0.2) is 0 Å². The fourth-order valence-electron chi connectivity index (χ4n) is 8.97. The molecule has 0 aliphatic carbocycles. The first-order valence-electron chi connectivity index (χ1n) is 20.0. The van der Waals surface area contributed by atoms with E-state index in [1.807, 2.05) is 22.7 Å². The van der Waals surface area contributed by atoms with Crippen LogP contribution in [0.2, 0.25) is 0 Å². The minimum Gasteiger partial charge on any atom is -0.455 e. The summed E-state index contributed by atoms with van der Waals surface area (Å²) < 4.78 is 12.2. The van der Waals surface area contributed by atoms with Crippen LogP contribution >= 0.6 is 22.7 Å². The van der Waals surface area contributed by atoms with Crippen LogP contribution < -0.4 is 4.90 Å². The van der Waals surface area contributed by atoms with Crippen LogP contribution in [0.5, 0.6) is 0 Å². The largest absolute Gasteiger partial charge is 0.455 e. The normalized spacial score (nSPS) is 11.8. The van der Waals surface area contributed by atoms with E-state index < -0.39 is 0 Å². The Morgan fingerprint density at radius 1 is 0.407 bits per heavy atom. The summed E-state index contributed by atoms with van der Waals surface area (Å²) in [6.07, 6.45) is 0.897. The van der Waals surface area contributed by atoms with Crippen LogP contribution in [0.1, 0.15) is 11.1 Å². The molecule has 278 valence electrons. The molecule has 0 N–H and O–H groups in total. The highest BCUT2D eigenvalue weighted by Gasteiger charge is 2.23. The van der Waals surface area contributed by atoms with Crippen LogP contribution in [0.4, 0.5) is 17.1 Å². The third kappa shape index (κ3) is 5.75. The van der Waals surface area contributed by atoms with E-state index in [9.17, 15) is 0 Å². The van der Waals surface area contributed by atoms with Gasteiger partial charge in [0.1, 0.15) is 11.2 Å². The molecule has 0 radical (unpaired) electrons. The number of benzene rings is 9. The smallest absolute Gasteiger partial charge is 0.145 e. The maximum absolute atomic E-state index is 6.90. The molecule has 4 heteroatoms. The first-order chi connectivity index (χ1) is 29.2. The van der Waals surface area contributed by atoms with E-state index in [2.05, 4.69) is 205 Å². The minimum atomic E-state index is 0.878. The number of furan rings is 1. The van der Waals surface area contributed by atoms with Crippen LogP contribution in [0.15, 0.2) is 205 Å². The fraction of sp³-hybridized carbons (Fsp3) is 0.0182. The SMILES string of the molecule is c1ccc(Cc2cccc3sc4ccc(-c5ccc(N(c6ccccc6)c6ccc(-c7ccc8sc9ccccc9c8c7)cc6)c6c5oc5ccccc56)cc4c23)cc1. The van der Waals surface area contributed by atoms with Gasteiger partial charge in [-0.3, -0.25) is 0 Å². The van der Waals surface area contributed by atoms with Gasteiger partial charge in [0.25, 0.3) is 0 Å². The summed E-state index contributed by atoms with van der Waals surface area (Å²) in [5, 5.41) is 7.46. The lowest BCUT2D eigenvalue weighted by Crippen LogP contribution is -2.10. The van der Waals surface area contributed by atoms with Crippen molar-refractivity contribution in [2.24, 2.45) is 0 Å². The van der Waals surface area contributed by atoms with E-state index in [1.165, 1.54) is 62.6 Å². The molecule has 0 saturated carbocycles. The highest BCUT2D eigenvalue weighted by atomic mass is 32.1. The van der Waals surface area contributed by atoms with E-state index in [0.717, 1.165) is 56.5 Å². The Hall–Kier alpha value is -6.98. The van der Waals surface area contributed by atoms with Gasteiger partial charge in [0, 0.05) is 62.7 Å². The molecule has 12 rings (SSSR count). The van der Waals surface area contributed by atoms with Crippen molar-refractivity contribution in [3.8, 4) is 22.3 Å². The molecule has 0 aliphatic heterocycles. The molecule has 12 aromatic rings. The Morgan fingerprint density at radius 2 is 1.03 bits per heavy atom. The number of hydrogen-bond acceptors (Lipinski definition) is 4. The quantitative estimate of drug-likeness (QED) is 0.160. The topological polar surface area (TPSA) is 16.4 Å². The summed E-state index contributed by atoms with van der Waals surface area (Å²) in [7, 11) is 0. The molecule has 2 nitrogen and oxygen atoms in total. The monoisotopic (exact) mass is 789 g/mol. The third-order valence-corrected chi connectivity index (χ3v) is 14.0. The minimum absolute atomic E-state index is 0.878. The highest BCUT2D eigenvalue weighted by molar-refractivity contribution is 7.26. The maximum atomic E-state index is 6.90. The van der Waals surface area contributed by atoms with E-state index in [1.54, 1.807) is 0 Å². The highest BCUT2D eigenvalue weighted by Crippen LogP contribution is 2.47. The first-order valence-corrected chi connectivity index (χ1v) is 21.7. The van der Waals surface area contributed by atoms with Gasteiger partial charge < -0.3 is 9.32 Å². The Labute approximate surface area is 349 Å². The first kappa shape index (κ1) is 34.1. The second kappa shape index (κ2) is 13.8. The molecule has 0 amide bonds. The van der Waals surface area contributed by atoms with Gasteiger partial charge in [0.2, 0.25) is 0 Å². The van der Waals surface area contributed by atoms with E-state index in [0.29, 0.717) is 0 Å². The molecule has 0 aliphatic rings. The number of anilines is 3. The Bertz CT molecular complexity index is 3520. The molecule has 0 fully saturated rings. The van der Waals surface area contributed by atoms with Gasteiger partial charge in [-0.15, -0.1) is 22.7 Å². The summed E-state index contributed by atoms with van der Waals surface area (Å²) in [4.78, 5) is 2.37. The fourth-order valence-corrected chi connectivity index (χ4v) is 11.2. The van der Waals surface area contributed by atoms with Crippen molar-refractivity contribution in [1.82, 2.24) is 0 Å². The van der Waals surface area contributed by atoms with Crippen LogP contribution in [-0.2, 0) is 6.42 Å². The third-order valence-electron chi connectivity index (χ3n) is 11.7. The molecule has 0 bridgehead atoms.